The number of carbonyl (C=O) groups excluding carboxylic acids is 1. The van der Waals surface area contributed by atoms with Crippen molar-refractivity contribution in [3.63, 3.8) is 0 Å². The predicted octanol–water partition coefficient (Wildman–Crippen LogP) is 3.11. The van der Waals surface area contributed by atoms with Crippen LogP contribution in [0.15, 0.2) is 30.3 Å². The molecule has 162 valence electrons. The van der Waals surface area contributed by atoms with Crippen molar-refractivity contribution >= 4 is 17.5 Å². The molecule has 3 heterocycles. The average molecular weight is 442 g/mol. The molecule has 31 heavy (non-hydrogen) atoms. The molecule has 2 N–H and O–H groups in total. The van der Waals surface area contributed by atoms with Crippen LogP contribution in [0.4, 0.5) is 0 Å². The van der Waals surface area contributed by atoms with Gasteiger partial charge in [-0.3, -0.25) is 15.0 Å². The maximum Gasteiger partial charge on any atom is 0.274 e. The monoisotopic (exact) mass is 441 g/mol. The molecule has 1 fully saturated rings. The Morgan fingerprint density at radius 1 is 1.26 bits per heavy atom. The minimum atomic E-state index is -0.261. The van der Waals surface area contributed by atoms with Gasteiger partial charge in [-0.15, -0.1) is 0 Å². The molecule has 0 radical (unpaired) electrons. The quantitative estimate of drug-likeness (QED) is 0.612. The molecule has 9 heteroatoms. The second kappa shape index (κ2) is 8.72. The fraction of sp³-hybridized carbons (Fsp3) is 0.409. The molecule has 2 aromatic heterocycles. The second-order valence-electron chi connectivity index (χ2n) is 7.87. The lowest BCUT2D eigenvalue weighted by Gasteiger charge is -2.31. The molecule has 0 saturated carbocycles. The van der Waals surface area contributed by atoms with Crippen LogP contribution in [0.5, 0.6) is 5.75 Å². The van der Waals surface area contributed by atoms with Gasteiger partial charge in [0.25, 0.3) is 5.91 Å². The largest absolute Gasteiger partial charge is 0.493 e. The number of aryl methyl sites for hydroxylation is 1. The molecule has 1 amide bonds. The molecule has 1 aliphatic carbocycles. The number of fused-ring (bicyclic) bond motifs is 1. The van der Waals surface area contributed by atoms with E-state index in [1.165, 1.54) is 0 Å². The summed E-state index contributed by atoms with van der Waals surface area (Å²) in [5.74, 6) is 0.709. The van der Waals surface area contributed by atoms with Gasteiger partial charge < -0.3 is 14.4 Å². The molecule has 1 aliphatic heterocycles. The highest BCUT2D eigenvalue weighted by atomic mass is 35.5. The van der Waals surface area contributed by atoms with Crippen LogP contribution in [0.1, 0.15) is 45.7 Å². The van der Waals surface area contributed by atoms with Crippen molar-refractivity contribution in [2.45, 2.75) is 31.8 Å². The van der Waals surface area contributed by atoms with E-state index in [1.54, 1.807) is 6.07 Å². The standard InChI is InChI=1S/C22H24ClN5O3/c23-14-3-1-4-16(11-14)30-9-7-15-12-19(26-24-15)20-13-28(8-10-31-20)22(29)21-17-5-2-6-18(17)25-27-21/h1,3-4,11-12,20H,2,5-10,13H2,(H,24,26)(H,25,27)/t20-/m1/s1. The summed E-state index contributed by atoms with van der Waals surface area (Å²) >= 11 is 5.98. The van der Waals surface area contributed by atoms with Gasteiger partial charge in [-0.1, -0.05) is 17.7 Å². The molecule has 1 saturated heterocycles. The molecule has 1 atom stereocenters. The molecule has 3 aromatic rings. The number of aromatic nitrogens is 4. The summed E-state index contributed by atoms with van der Waals surface area (Å²) in [4.78, 5) is 14.9. The van der Waals surface area contributed by atoms with Crippen molar-refractivity contribution in [2.75, 3.05) is 26.3 Å². The average Bonchev–Trinajstić information content (AvgIpc) is 3.51. The summed E-state index contributed by atoms with van der Waals surface area (Å²) in [6, 6.07) is 9.31. The number of hydrogen-bond donors (Lipinski definition) is 2. The van der Waals surface area contributed by atoms with Gasteiger partial charge in [0.1, 0.15) is 11.9 Å². The SMILES string of the molecule is O=C(c1n[nH]c2c1CCC2)N1CCO[C@@H](c2cc(CCOc3cccc(Cl)c3)[nH]n2)C1. The minimum Gasteiger partial charge on any atom is -0.493 e. The van der Waals surface area contributed by atoms with Crippen LogP contribution in [-0.4, -0.2) is 57.5 Å². The summed E-state index contributed by atoms with van der Waals surface area (Å²) in [6.07, 6.45) is 3.38. The summed E-state index contributed by atoms with van der Waals surface area (Å²) in [5, 5.41) is 15.4. The van der Waals surface area contributed by atoms with E-state index in [-0.39, 0.29) is 12.0 Å². The van der Waals surface area contributed by atoms with E-state index in [0.29, 0.717) is 43.4 Å². The van der Waals surface area contributed by atoms with Gasteiger partial charge in [0, 0.05) is 34.9 Å². The van der Waals surface area contributed by atoms with Gasteiger partial charge in [0.2, 0.25) is 0 Å². The van der Waals surface area contributed by atoms with Crippen LogP contribution < -0.4 is 4.74 Å². The van der Waals surface area contributed by atoms with E-state index < -0.39 is 0 Å². The van der Waals surface area contributed by atoms with E-state index in [0.717, 1.165) is 47.7 Å². The third-order valence-corrected chi connectivity index (χ3v) is 6.01. The number of aromatic amines is 2. The maximum absolute atomic E-state index is 13.0. The number of ether oxygens (including phenoxy) is 2. The number of carbonyl (C=O) groups is 1. The third-order valence-electron chi connectivity index (χ3n) is 5.78. The molecule has 5 rings (SSSR count). The van der Waals surface area contributed by atoms with Crippen LogP contribution in [0, 0.1) is 0 Å². The fourth-order valence-electron chi connectivity index (χ4n) is 4.17. The number of nitrogens with one attached hydrogen (secondary N) is 2. The Kier molecular flexibility index (Phi) is 5.65. The maximum atomic E-state index is 13.0. The number of benzene rings is 1. The second-order valence-corrected chi connectivity index (χ2v) is 8.30. The van der Waals surface area contributed by atoms with Crippen molar-refractivity contribution in [3.8, 4) is 5.75 Å². The van der Waals surface area contributed by atoms with E-state index in [9.17, 15) is 4.79 Å². The van der Waals surface area contributed by atoms with Gasteiger partial charge in [0.05, 0.1) is 25.5 Å². The lowest BCUT2D eigenvalue weighted by Crippen LogP contribution is -2.42. The molecule has 0 unspecified atom stereocenters. The number of hydrogen-bond acceptors (Lipinski definition) is 5. The summed E-state index contributed by atoms with van der Waals surface area (Å²) < 4.78 is 11.6. The topological polar surface area (TPSA) is 96.1 Å². The van der Waals surface area contributed by atoms with Crippen molar-refractivity contribution in [3.05, 3.63) is 63.7 Å². The summed E-state index contributed by atoms with van der Waals surface area (Å²) in [6.45, 7) is 2.00. The molecule has 0 spiro atoms. The summed E-state index contributed by atoms with van der Waals surface area (Å²) in [5.41, 5.74) is 4.49. The van der Waals surface area contributed by atoms with E-state index in [4.69, 9.17) is 21.1 Å². The Bertz CT molecular complexity index is 1080. The Hall–Kier alpha value is -2.84. The number of amides is 1. The van der Waals surface area contributed by atoms with Gasteiger partial charge in [-0.05, 0) is 43.5 Å². The molecule has 2 aliphatic rings. The smallest absolute Gasteiger partial charge is 0.274 e. The van der Waals surface area contributed by atoms with Gasteiger partial charge in [-0.25, -0.2) is 0 Å². The van der Waals surface area contributed by atoms with E-state index >= 15 is 0 Å². The molecule has 1 aromatic carbocycles. The zero-order valence-corrected chi connectivity index (χ0v) is 17.8. The van der Waals surface area contributed by atoms with Crippen LogP contribution in [0.3, 0.4) is 0 Å². The Morgan fingerprint density at radius 2 is 2.19 bits per heavy atom. The fourth-order valence-corrected chi connectivity index (χ4v) is 4.35. The third kappa shape index (κ3) is 4.31. The van der Waals surface area contributed by atoms with Crippen molar-refractivity contribution < 1.29 is 14.3 Å². The normalized spacial score (nSPS) is 18.2. The number of rotatable bonds is 6. The van der Waals surface area contributed by atoms with Crippen LogP contribution in [0.2, 0.25) is 5.02 Å². The molecule has 8 nitrogen and oxygen atoms in total. The van der Waals surface area contributed by atoms with Crippen molar-refractivity contribution in [1.82, 2.24) is 25.3 Å². The number of H-pyrrole nitrogens is 2. The highest BCUT2D eigenvalue weighted by Gasteiger charge is 2.31. The number of nitrogens with zero attached hydrogens (tertiary/aromatic N) is 3. The first-order chi connectivity index (χ1) is 15.2. The van der Waals surface area contributed by atoms with Crippen LogP contribution in [-0.2, 0) is 24.0 Å². The predicted molar refractivity (Wildman–Crippen MR) is 114 cm³/mol. The Labute approximate surface area is 184 Å². The van der Waals surface area contributed by atoms with Crippen molar-refractivity contribution in [1.29, 1.82) is 0 Å². The highest BCUT2D eigenvalue weighted by molar-refractivity contribution is 6.30. The Balaban J connectivity index is 1.19. The zero-order valence-electron chi connectivity index (χ0n) is 17.1. The van der Waals surface area contributed by atoms with Crippen LogP contribution >= 0.6 is 11.6 Å². The number of halogens is 1. The lowest BCUT2D eigenvalue weighted by atomic mass is 10.1. The molecular formula is C22H24ClN5O3. The van der Waals surface area contributed by atoms with Gasteiger partial charge in [0.15, 0.2) is 5.69 Å². The molecular weight excluding hydrogens is 418 g/mol. The summed E-state index contributed by atoms with van der Waals surface area (Å²) in [7, 11) is 0. The zero-order chi connectivity index (χ0) is 21.2. The first kappa shape index (κ1) is 20.1. The van der Waals surface area contributed by atoms with Gasteiger partial charge >= 0.3 is 0 Å². The first-order valence-electron chi connectivity index (χ1n) is 10.6. The molecule has 0 bridgehead atoms. The Morgan fingerprint density at radius 3 is 3.10 bits per heavy atom. The van der Waals surface area contributed by atoms with Crippen LogP contribution in [0.25, 0.3) is 0 Å². The van der Waals surface area contributed by atoms with Crippen molar-refractivity contribution in [2.24, 2.45) is 0 Å². The van der Waals surface area contributed by atoms with E-state index in [2.05, 4.69) is 20.4 Å². The first-order valence-corrected chi connectivity index (χ1v) is 10.9. The minimum absolute atomic E-state index is 0.0293. The number of morpholine rings is 1. The highest BCUT2D eigenvalue weighted by Crippen LogP contribution is 2.27. The lowest BCUT2D eigenvalue weighted by molar-refractivity contribution is -0.0249. The van der Waals surface area contributed by atoms with Gasteiger partial charge in [-0.2, -0.15) is 10.2 Å². The van der Waals surface area contributed by atoms with E-state index in [1.807, 2.05) is 29.2 Å².